The molecule has 1 aliphatic rings. The number of para-hydroxylation sites is 1. The number of halogens is 1. The van der Waals surface area contributed by atoms with Crippen LogP contribution in [0.25, 0.3) is 0 Å². The summed E-state index contributed by atoms with van der Waals surface area (Å²) in [7, 11) is 0. The van der Waals surface area contributed by atoms with E-state index in [0.29, 0.717) is 12.5 Å². The Labute approximate surface area is 166 Å². The van der Waals surface area contributed by atoms with Gasteiger partial charge in [0.1, 0.15) is 0 Å². The molecule has 1 amide bonds. The van der Waals surface area contributed by atoms with Crippen LogP contribution in [0.5, 0.6) is 0 Å². The highest BCUT2D eigenvalue weighted by molar-refractivity contribution is 6.31. The van der Waals surface area contributed by atoms with Crippen LogP contribution in [0.4, 0.5) is 5.69 Å². The van der Waals surface area contributed by atoms with Gasteiger partial charge in [-0.3, -0.25) is 9.69 Å². The van der Waals surface area contributed by atoms with Gasteiger partial charge in [0.05, 0.1) is 6.54 Å². The Bertz CT molecular complexity index is 806. The van der Waals surface area contributed by atoms with Crippen LogP contribution in [0.2, 0.25) is 5.02 Å². The summed E-state index contributed by atoms with van der Waals surface area (Å²) >= 11 is 6.41. The number of aryl methyl sites for hydroxylation is 1. The number of benzene rings is 2. The number of nitrogens with one attached hydrogen (secondary N) is 2. The Morgan fingerprint density at radius 2 is 2.04 bits per heavy atom. The molecule has 2 aromatic carbocycles. The summed E-state index contributed by atoms with van der Waals surface area (Å²) < 4.78 is 0. The number of hydrogen-bond donors (Lipinski definition) is 2. The molecule has 0 aromatic heterocycles. The standard InChI is InChI=1S/C22H28ClN3O/c1-15(2)17-9-6-7-16(3)22(17)25-21(27)14-26-12-11-24-13-20(26)18-8-4-5-10-19(18)23/h4-10,15,20,24H,11-14H2,1-3H3,(H,25,27). The van der Waals surface area contributed by atoms with Crippen LogP contribution in [0.15, 0.2) is 42.5 Å². The van der Waals surface area contributed by atoms with Gasteiger partial charge >= 0.3 is 0 Å². The third-order valence-electron chi connectivity index (χ3n) is 5.16. The summed E-state index contributed by atoms with van der Waals surface area (Å²) in [4.78, 5) is 15.1. The average molecular weight is 386 g/mol. The normalized spacial score (nSPS) is 17.9. The van der Waals surface area contributed by atoms with Crippen LogP contribution >= 0.6 is 11.6 Å². The largest absolute Gasteiger partial charge is 0.324 e. The molecule has 1 heterocycles. The second-order valence-electron chi connectivity index (χ2n) is 7.45. The third-order valence-corrected chi connectivity index (χ3v) is 5.50. The Morgan fingerprint density at radius 3 is 2.78 bits per heavy atom. The molecule has 1 aliphatic heterocycles. The van der Waals surface area contributed by atoms with Crippen LogP contribution in [-0.2, 0) is 4.79 Å². The molecule has 0 aliphatic carbocycles. The van der Waals surface area contributed by atoms with E-state index in [1.165, 1.54) is 5.56 Å². The van der Waals surface area contributed by atoms with Gasteiger partial charge in [-0.1, -0.05) is 61.8 Å². The van der Waals surface area contributed by atoms with Crippen LogP contribution in [0.1, 0.15) is 42.5 Å². The first-order valence-corrected chi connectivity index (χ1v) is 9.93. The van der Waals surface area contributed by atoms with Crippen LogP contribution in [0.3, 0.4) is 0 Å². The fourth-order valence-electron chi connectivity index (χ4n) is 3.69. The molecular formula is C22H28ClN3O. The zero-order valence-corrected chi connectivity index (χ0v) is 17.0. The van der Waals surface area contributed by atoms with E-state index in [2.05, 4.69) is 35.4 Å². The van der Waals surface area contributed by atoms with Crippen molar-refractivity contribution in [2.75, 3.05) is 31.5 Å². The highest BCUT2D eigenvalue weighted by Gasteiger charge is 2.27. The van der Waals surface area contributed by atoms with Crippen molar-refractivity contribution in [3.63, 3.8) is 0 Å². The molecule has 0 bridgehead atoms. The smallest absolute Gasteiger partial charge is 0.238 e. The molecule has 3 rings (SSSR count). The minimum atomic E-state index is 0.0187. The van der Waals surface area contributed by atoms with Crippen LogP contribution < -0.4 is 10.6 Å². The molecule has 1 atom stereocenters. The molecule has 2 N–H and O–H groups in total. The van der Waals surface area contributed by atoms with Crippen LogP contribution in [-0.4, -0.2) is 37.0 Å². The SMILES string of the molecule is Cc1cccc(C(C)C)c1NC(=O)CN1CCNCC1c1ccccc1Cl. The molecule has 1 fully saturated rings. The predicted octanol–water partition coefficient (Wildman–Crippen LogP) is 4.36. The van der Waals surface area contributed by atoms with Crippen molar-refractivity contribution in [1.82, 2.24) is 10.2 Å². The van der Waals surface area contributed by atoms with E-state index >= 15 is 0 Å². The van der Waals surface area contributed by atoms with Gasteiger partial charge in [0, 0.05) is 36.4 Å². The maximum atomic E-state index is 12.9. The average Bonchev–Trinajstić information content (AvgIpc) is 2.64. The summed E-state index contributed by atoms with van der Waals surface area (Å²) in [6, 6.07) is 14.2. The first-order chi connectivity index (χ1) is 13.0. The maximum absolute atomic E-state index is 12.9. The second-order valence-corrected chi connectivity index (χ2v) is 7.86. The molecule has 1 unspecified atom stereocenters. The van der Waals surface area contributed by atoms with Crippen molar-refractivity contribution in [3.8, 4) is 0 Å². The molecular weight excluding hydrogens is 358 g/mol. The number of carbonyl (C=O) groups is 1. The second kappa shape index (κ2) is 8.87. The van der Waals surface area contributed by atoms with Crippen molar-refractivity contribution < 1.29 is 4.79 Å². The molecule has 4 nitrogen and oxygen atoms in total. The van der Waals surface area contributed by atoms with E-state index in [0.717, 1.165) is 41.5 Å². The van der Waals surface area contributed by atoms with Crippen LogP contribution in [0, 0.1) is 6.92 Å². The van der Waals surface area contributed by atoms with Gasteiger partial charge in [-0.2, -0.15) is 0 Å². The summed E-state index contributed by atoms with van der Waals surface area (Å²) in [6.07, 6.45) is 0. The van der Waals surface area contributed by atoms with Gasteiger partial charge in [-0.15, -0.1) is 0 Å². The van der Waals surface area contributed by atoms with Crippen molar-refractivity contribution in [2.45, 2.75) is 32.7 Å². The van der Waals surface area contributed by atoms with E-state index < -0.39 is 0 Å². The van der Waals surface area contributed by atoms with E-state index in [1.807, 2.05) is 43.3 Å². The fourth-order valence-corrected chi connectivity index (χ4v) is 3.96. The van der Waals surface area contributed by atoms with Gasteiger partial charge in [0.15, 0.2) is 0 Å². The quantitative estimate of drug-likeness (QED) is 0.803. The third kappa shape index (κ3) is 4.70. The lowest BCUT2D eigenvalue weighted by Crippen LogP contribution is -2.48. The lowest BCUT2D eigenvalue weighted by molar-refractivity contribution is -0.118. The zero-order chi connectivity index (χ0) is 19.4. The van der Waals surface area contributed by atoms with Gasteiger partial charge in [0.2, 0.25) is 5.91 Å². The lowest BCUT2D eigenvalue weighted by Gasteiger charge is -2.36. The number of piperazine rings is 1. The highest BCUT2D eigenvalue weighted by atomic mass is 35.5. The van der Waals surface area contributed by atoms with E-state index in [4.69, 9.17) is 11.6 Å². The number of rotatable bonds is 5. The molecule has 0 spiro atoms. The number of nitrogens with zero attached hydrogens (tertiary/aromatic N) is 1. The number of amides is 1. The van der Waals surface area contributed by atoms with Crippen molar-refractivity contribution in [3.05, 3.63) is 64.2 Å². The van der Waals surface area contributed by atoms with Gasteiger partial charge in [-0.25, -0.2) is 0 Å². The summed E-state index contributed by atoms with van der Waals surface area (Å²) in [5, 5.41) is 7.32. The molecule has 144 valence electrons. The highest BCUT2D eigenvalue weighted by Crippen LogP contribution is 2.30. The van der Waals surface area contributed by atoms with Gasteiger partial charge < -0.3 is 10.6 Å². The Morgan fingerprint density at radius 1 is 1.26 bits per heavy atom. The molecule has 27 heavy (non-hydrogen) atoms. The summed E-state index contributed by atoms with van der Waals surface area (Å²) in [5.41, 5.74) is 4.28. The first-order valence-electron chi connectivity index (χ1n) is 9.56. The minimum Gasteiger partial charge on any atom is -0.324 e. The maximum Gasteiger partial charge on any atom is 0.238 e. The lowest BCUT2D eigenvalue weighted by atomic mass is 9.98. The molecule has 2 aromatic rings. The molecule has 5 heteroatoms. The summed E-state index contributed by atoms with van der Waals surface area (Å²) in [6.45, 7) is 9.16. The van der Waals surface area contributed by atoms with Crippen molar-refractivity contribution in [2.24, 2.45) is 0 Å². The number of carbonyl (C=O) groups excluding carboxylic acids is 1. The predicted molar refractivity (Wildman–Crippen MR) is 113 cm³/mol. The van der Waals surface area contributed by atoms with Gasteiger partial charge in [-0.05, 0) is 35.6 Å². The molecule has 1 saturated heterocycles. The number of anilines is 1. The zero-order valence-electron chi connectivity index (χ0n) is 16.3. The Balaban J connectivity index is 1.76. The minimum absolute atomic E-state index is 0.0187. The van der Waals surface area contributed by atoms with E-state index in [-0.39, 0.29) is 11.9 Å². The first kappa shape index (κ1) is 19.9. The Kier molecular flexibility index (Phi) is 6.53. The van der Waals surface area contributed by atoms with Gasteiger partial charge in [0.25, 0.3) is 0 Å². The van der Waals surface area contributed by atoms with E-state index in [1.54, 1.807) is 0 Å². The monoisotopic (exact) mass is 385 g/mol. The number of hydrogen-bond acceptors (Lipinski definition) is 3. The Hall–Kier alpha value is -1.88. The van der Waals surface area contributed by atoms with Crippen molar-refractivity contribution in [1.29, 1.82) is 0 Å². The van der Waals surface area contributed by atoms with E-state index in [9.17, 15) is 4.79 Å². The topological polar surface area (TPSA) is 44.4 Å². The van der Waals surface area contributed by atoms with Crippen molar-refractivity contribution >= 4 is 23.2 Å². The molecule has 0 saturated carbocycles. The fraction of sp³-hybridized carbons (Fsp3) is 0.409. The summed E-state index contributed by atoms with van der Waals surface area (Å²) in [5.74, 6) is 0.375. The molecule has 0 radical (unpaired) electrons.